The van der Waals surface area contributed by atoms with Crippen LogP contribution in [0.25, 0.3) is 46.4 Å². The molecule has 0 saturated heterocycles. The zero-order chi connectivity index (χ0) is 16.8. The van der Waals surface area contributed by atoms with Crippen molar-refractivity contribution in [2.75, 3.05) is 0 Å². The number of hydrogen-bond acceptors (Lipinski definition) is 2. The highest BCUT2D eigenvalue weighted by Gasteiger charge is 2.04. The van der Waals surface area contributed by atoms with E-state index in [2.05, 4.69) is 63.5 Å². The predicted molar refractivity (Wildman–Crippen MR) is 108 cm³/mol. The van der Waals surface area contributed by atoms with E-state index in [1.165, 1.54) is 5.19 Å². The van der Waals surface area contributed by atoms with E-state index in [-0.39, 0.29) is 0 Å². The fraction of sp³-hybridized carbons (Fsp3) is 0. The minimum Gasteiger partial charge on any atom is -0.356 e. The van der Waals surface area contributed by atoms with E-state index in [0.717, 1.165) is 55.1 Å². The lowest BCUT2D eigenvalue weighted by atomic mass is 10.3. The molecule has 0 aromatic carbocycles. The molecule has 0 saturated carbocycles. The Balaban J connectivity index is 1.88. The summed E-state index contributed by atoms with van der Waals surface area (Å²) < 4.78 is 0. The summed E-state index contributed by atoms with van der Waals surface area (Å²) in [5, 5.41) is 1.27. The van der Waals surface area contributed by atoms with Gasteiger partial charge in [-0.25, -0.2) is 9.97 Å². The number of nitrogens with one attached hydrogen (secondary N) is 2. The van der Waals surface area contributed by atoms with Crippen molar-refractivity contribution in [2.24, 2.45) is 0 Å². The van der Waals surface area contributed by atoms with Crippen molar-refractivity contribution < 1.29 is 0 Å². The highest BCUT2D eigenvalue weighted by atomic mass is 28.1. The average molecular weight is 340 g/mol. The number of aromatic amines is 2. The Hall–Kier alpha value is -3.18. The van der Waals surface area contributed by atoms with E-state index in [1.807, 2.05) is 18.2 Å². The van der Waals surface area contributed by atoms with Crippen molar-refractivity contribution in [3.63, 3.8) is 0 Å². The SMILES string of the molecule is [SiH3]c1c2nc(cc3ccc(cc4nc(cc5ccc1[nH]5)C=C4)[nH]3)C=C2. The molecule has 120 valence electrons. The lowest BCUT2D eigenvalue weighted by molar-refractivity contribution is 1.32. The van der Waals surface area contributed by atoms with E-state index in [1.54, 1.807) is 0 Å². The molecule has 0 unspecified atom stereocenters. The van der Waals surface area contributed by atoms with Gasteiger partial charge < -0.3 is 9.97 Å². The van der Waals surface area contributed by atoms with Crippen LogP contribution in [0.3, 0.4) is 0 Å². The van der Waals surface area contributed by atoms with Crippen molar-refractivity contribution in [3.8, 4) is 0 Å². The quantitative estimate of drug-likeness (QED) is 0.426. The summed E-state index contributed by atoms with van der Waals surface area (Å²) >= 11 is 0. The van der Waals surface area contributed by atoms with Crippen molar-refractivity contribution in [1.82, 2.24) is 19.9 Å². The molecule has 0 spiro atoms. The van der Waals surface area contributed by atoms with Gasteiger partial charge in [0.1, 0.15) is 0 Å². The molecular weight excluding hydrogens is 324 g/mol. The van der Waals surface area contributed by atoms with Gasteiger partial charge in [-0.15, -0.1) is 0 Å². The van der Waals surface area contributed by atoms with Gasteiger partial charge >= 0.3 is 0 Å². The molecule has 8 bridgehead atoms. The molecule has 25 heavy (non-hydrogen) atoms. The average Bonchev–Trinajstić information content (AvgIpc) is 3.36. The highest BCUT2D eigenvalue weighted by molar-refractivity contribution is 6.38. The van der Waals surface area contributed by atoms with Gasteiger partial charge in [0, 0.05) is 32.3 Å². The summed E-state index contributed by atoms with van der Waals surface area (Å²) in [6.45, 7) is 0. The second-order valence-corrected chi connectivity index (χ2v) is 7.30. The fourth-order valence-electron chi connectivity index (χ4n) is 3.15. The van der Waals surface area contributed by atoms with Gasteiger partial charge in [-0.3, -0.25) is 0 Å². The molecule has 0 fully saturated rings. The number of aromatic nitrogens is 4. The number of rotatable bonds is 0. The second kappa shape index (κ2) is 5.43. The molecule has 2 aliphatic rings. The molecule has 0 radical (unpaired) electrons. The maximum Gasteiger partial charge on any atom is 0.0658 e. The van der Waals surface area contributed by atoms with Crippen LogP contribution in [0, 0.1) is 0 Å². The first-order chi connectivity index (χ1) is 12.2. The Kier molecular flexibility index (Phi) is 3.08. The normalized spacial score (nSPS) is 12.8. The molecule has 0 aliphatic carbocycles. The number of hydrogen-bond donors (Lipinski definition) is 2. The fourth-order valence-corrected chi connectivity index (χ4v) is 3.72. The van der Waals surface area contributed by atoms with Gasteiger partial charge in [-0.05, 0) is 72.0 Å². The Morgan fingerprint density at radius 3 is 1.92 bits per heavy atom. The van der Waals surface area contributed by atoms with E-state index >= 15 is 0 Å². The lowest BCUT2D eigenvalue weighted by Crippen LogP contribution is -2.07. The number of H-pyrrole nitrogens is 2. The van der Waals surface area contributed by atoms with Crippen LogP contribution in [0.2, 0.25) is 0 Å². The molecular formula is C20H16N4Si. The van der Waals surface area contributed by atoms with E-state index in [0.29, 0.717) is 0 Å². The van der Waals surface area contributed by atoms with E-state index in [4.69, 9.17) is 4.98 Å². The van der Waals surface area contributed by atoms with Crippen molar-refractivity contribution in [3.05, 3.63) is 65.2 Å². The van der Waals surface area contributed by atoms with Gasteiger partial charge in [-0.2, -0.15) is 0 Å². The molecule has 2 N–H and O–H groups in total. The molecule has 4 nitrogen and oxygen atoms in total. The standard InChI is InChI=1S/C20H16N4Si/c25-20-18-7-5-16(23-18)10-14-3-1-12(21-14)9-13-2-4-15(22-13)11-17-6-8-19(20)24-17/h1-11,21,24H,25H3. The minimum absolute atomic E-state index is 0.922. The monoisotopic (exact) mass is 340 g/mol. The first-order valence-corrected chi connectivity index (χ1v) is 9.27. The van der Waals surface area contributed by atoms with Crippen LogP contribution in [0.4, 0.5) is 0 Å². The number of nitrogens with zero attached hydrogens (tertiary/aromatic N) is 2. The summed E-state index contributed by atoms with van der Waals surface area (Å²) in [6, 6.07) is 14.5. The highest BCUT2D eigenvalue weighted by Crippen LogP contribution is 2.16. The Labute approximate surface area is 147 Å². The zero-order valence-corrected chi connectivity index (χ0v) is 15.7. The summed E-state index contributed by atoms with van der Waals surface area (Å²) in [5.74, 6) is 0. The van der Waals surface area contributed by atoms with Crippen LogP contribution in [-0.2, 0) is 0 Å². The lowest BCUT2D eigenvalue weighted by Gasteiger charge is -1.92. The molecule has 2 aliphatic heterocycles. The van der Waals surface area contributed by atoms with Gasteiger partial charge in [0.15, 0.2) is 0 Å². The largest absolute Gasteiger partial charge is 0.356 e. The zero-order valence-electron chi connectivity index (χ0n) is 13.7. The summed E-state index contributed by atoms with van der Waals surface area (Å²) in [7, 11) is 0.922. The van der Waals surface area contributed by atoms with Crippen molar-refractivity contribution in [2.45, 2.75) is 0 Å². The first kappa shape index (κ1) is 14.2. The van der Waals surface area contributed by atoms with Crippen molar-refractivity contribution >= 4 is 61.8 Å². The van der Waals surface area contributed by atoms with Crippen molar-refractivity contribution in [1.29, 1.82) is 0 Å². The topological polar surface area (TPSA) is 57.4 Å². The third kappa shape index (κ3) is 2.64. The van der Waals surface area contributed by atoms with Crippen LogP contribution >= 0.6 is 0 Å². The molecule has 5 rings (SSSR count). The third-order valence-corrected chi connectivity index (χ3v) is 5.53. The summed E-state index contributed by atoms with van der Waals surface area (Å²) in [5.41, 5.74) is 8.18. The van der Waals surface area contributed by atoms with Gasteiger partial charge in [0.2, 0.25) is 0 Å². The van der Waals surface area contributed by atoms with E-state index < -0.39 is 0 Å². The van der Waals surface area contributed by atoms with Crippen LogP contribution in [-0.4, -0.2) is 30.2 Å². The molecule has 5 heteroatoms. The van der Waals surface area contributed by atoms with Crippen LogP contribution in [0.5, 0.6) is 0 Å². The predicted octanol–water partition coefficient (Wildman–Crippen LogP) is 2.65. The van der Waals surface area contributed by atoms with Crippen LogP contribution in [0.1, 0.15) is 22.8 Å². The second-order valence-electron chi connectivity index (χ2n) is 6.30. The van der Waals surface area contributed by atoms with Gasteiger partial charge in [0.25, 0.3) is 0 Å². The minimum atomic E-state index is 0.922. The van der Waals surface area contributed by atoms with Crippen LogP contribution < -0.4 is 5.19 Å². The van der Waals surface area contributed by atoms with E-state index in [9.17, 15) is 0 Å². The molecule has 5 heterocycles. The summed E-state index contributed by atoms with van der Waals surface area (Å²) in [6.07, 6.45) is 8.23. The third-order valence-electron chi connectivity index (χ3n) is 4.48. The molecule has 0 atom stereocenters. The molecule has 3 aromatic rings. The van der Waals surface area contributed by atoms with Gasteiger partial charge in [0.05, 0.1) is 22.8 Å². The maximum absolute atomic E-state index is 4.77. The summed E-state index contributed by atoms with van der Waals surface area (Å²) in [4.78, 5) is 16.3. The first-order valence-electron chi connectivity index (χ1n) is 8.27. The Morgan fingerprint density at radius 1 is 0.640 bits per heavy atom. The Bertz CT molecular complexity index is 1210. The molecule has 3 aromatic heterocycles. The smallest absolute Gasteiger partial charge is 0.0658 e. The van der Waals surface area contributed by atoms with Gasteiger partial charge in [-0.1, -0.05) is 0 Å². The Morgan fingerprint density at radius 2 is 1.20 bits per heavy atom. The maximum atomic E-state index is 4.77. The van der Waals surface area contributed by atoms with Crippen LogP contribution in [0.15, 0.2) is 42.5 Å². The number of fused-ring (bicyclic) bond motifs is 8. The molecule has 0 amide bonds.